The van der Waals surface area contributed by atoms with E-state index in [-0.39, 0.29) is 0 Å². The summed E-state index contributed by atoms with van der Waals surface area (Å²) in [4.78, 5) is 2.64. The van der Waals surface area contributed by atoms with Gasteiger partial charge in [0.2, 0.25) is 0 Å². The van der Waals surface area contributed by atoms with E-state index in [2.05, 4.69) is 36.1 Å². The van der Waals surface area contributed by atoms with Gasteiger partial charge in [-0.05, 0) is 37.4 Å². The van der Waals surface area contributed by atoms with Gasteiger partial charge in [0.25, 0.3) is 0 Å². The van der Waals surface area contributed by atoms with Crippen molar-refractivity contribution >= 4 is 5.69 Å². The van der Waals surface area contributed by atoms with Gasteiger partial charge >= 0.3 is 0 Å². The van der Waals surface area contributed by atoms with Crippen molar-refractivity contribution < 1.29 is 0 Å². The number of hydrogen-bond acceptors (Lipinski definition) is 2. The average Bonchev–Trinajstić information content (AvgIpc) is 2.66. The molecule has 0 radical (unpaired) electrons. The Morgan fingerprint density at radius 2 is 2.17 bits per heavy atom. The van der Waals surface area contributed by atoms with Gasteiger partial charge in [-0.1, -0.05) is 38.0 Å². The smallest absolute Gasteiger partial charge is 0.0407 e. The first kappa shape index (κ1) is 12.0. The van der Waals surface area contributed by atoms with Crippen LogP contribution in [0.4, 0.5) is 5.69 Å². The van der Waals surface area contributed by atoms with Crippen LogP contribution in [-0.2, 0) is 5.41 Å². The predicted octanol–water partition coefficient (Wildman–Crippen LogP) is 3.06. The molecular formula is C16H24N2. The fraction of sp³-hybridized carbons (Fsp3) is 0.625. The quantitative estimate of drug-likeness (QED) is 0.885. The molecular weight excluding hydrogens is 220 g/mol. The Hall–Kier alpha value is -1.02. The van der Waals surface area contributed by atoms with Crippen molar-refractivity contribution in [1.29, 1.82) is 0 Å². The summed E-state index contributed by atoms with van der Waals surface area (Å²) in [6.45, 7) is 4.38. The van der Waals surface area contributed by atoms with Crippen LogP contribution in [0.1, 0.15) is 44.6 Å². The summed E-state index contributed by atoms with van der Waals surface area (Å²) < 4.78 is 0. The fourth-order valence-corrected chi connectivity index (χ4v) is 4.04. The van der Waals surface area contributed by atoms with Crippen molar-refractivity contribution in [1.82, 2.24) is 0 Å². The maximum atomic E-state index is 5.70. The zero-order chi connectivity index (χ0) is 12.6. The molecule has 0 aromatic heterocycles. The van der Waals surface area contributed by atoms with Crippen LogP contribution >= 0.6 is 0 Å². The lowest BCUT2D eigenvalue weighted by Crippen LogP contribution is -2.45. The van der Waals surface area contributed by atoms with E-state index in [1.807, 2.05) is 0 Å². The van der Waals surface area contributed by atoms with Crippen LogP contribution in [0.25, 0.3) is 0 Å². The van der Waals surface area contributed by atoms with Crippen LogP contribution in [0.5, 0.6) is 0 Å². The molecule has 1 heterocycles. The Kier molecular flexibility index (Phi) is 3.06. The van der Waals surface area contributed by atoms with Gasteiger partial charge in [-0.25, -0.2) is 0 Å². The van der Waals surface area contributed by atoms with Crippen molar-refractivity contribution in [3.05, 3.63) is 29.8 Å². The summed E-state index contributed by atoms with van der Waals surface area (Å²) in [7, 11) is 0. The van der Waals surface area contributed by atoms with Gasteiger partial charge in [-0.2, -0.15) is 0 Å². The third-order valence-electron chi connectivity index (χ3n) is 4.97. The number of nitrogens with zero attached hydrogens (tertiary/aromatic N) is 1. The molecule has 2 atom stereocenters. The molecule has 0 spiro atoms. The minimum Gasteiger partial charge on any atom is -0.367 e. The topological polar surface area (TPSA) is 29.3 Å². The molecule has 0 amide bonds. The molecule has 2 aliphatic rings. The lowest BCUT2D eigenvalue weighted by Gasteiger charge is -2.40. The highest BCUT2D eigenvalue weighted by Crippen LogP contribution is 2.51. The molecule has 1 aliphatic heterocycles. The molecule has 98 valence electrons. The molecule has 0 bridgehead atoms. The van der Waals surface area contributed by atoms with E-state index in [0.717, 1.165) is 19.5 Å². The molecule has 1 saturated carbocycles. The summed E-state index contributed by atoms with van der Waals surface area (Å²) in [6, 6.07) is 9.72. The minimum atomic E-state index is 0.378. The summed E-state index contributed by atoms with van der Waals surface area (Å²) in [6.07, 6.45) is 6.55. The van der Waals surface area contributed by atoms with Crippen LogP contribution in [0.15, 0.2) is 24.3 Å². The molecule has 1 fully saturated rings. The third-order valence-corrected chi connectivity index (χ3v) is 4.97. The Morgan fingerprint density at radius 1 is 1.33 bits per heavy atom. The van der Waals surface area contributed by atoms with E-state index in [0.29, 0.717) is 11.5 Å². The molecule has 0 saturated heterocycles. The van der Waals surface area contributed by atoms with Crippen LogP contribution in [0, 0.1) is 0 Å². The number of para-hydroxylation sites is 1. The highest BCUT2D eigenvalue weighted by atomic mass is 15.2. The first-order valence-electron chi connectivity index (χ1n) is 7.33. The molecule has 1 aromatic rings. The Bertz CT molecular complexity index is 429. The second-order valence-electron chi connectivity index (χ2n) is 6.03. The molecule has 2 unspecified atom stereocenters. The molecule has 2 N–H and O–H groups in total. The van der Waals surface area contributed by atoms with Gasteiger partial charge in [0.15, 0.2) is 0 Å². The van der Waals surface area contributed by atoms with Gasteiger partial charge in [0, 0.05) is 23.7 Å². The largest absolute Gasteiger partial charge is 0.367 e. The zero-order valence-electron chi connectivity index (χ0n) is 11.4. The van der Waals surface area contributed by atoms with Crippen molar-refractivity contribution in [2.24, 2.45) is 5.73 Å². The lowest BCUT2D eigenvalue weighted by atomic mass is 9.69. The van der Waals surface area contributed by atoms with Gasteiger partial charge in [-0.3, -0.25) is 0 Å². The van der Waals surface area contributed by atoms with E-state index in [4.69, 9.17) is 5.73 Å². The molecule has 2 heteroatoms. The number of fused-ring (bicyclic) bond motifs is 3. The minimum absolute atomic E-state index is 0.378. The number of benzene rings is 1. The van der Waals surface area contributed by atoms with Gasteiger partial charge in [0.05, 0.1) is 0 Å². The third kappa shape index (κ3) is 1.66. The normalized spacial score (nSPS) is 30.1. The molecule has 1 aromatic carbocycles. The van der Waals surface area contributed by atoms with Crippen LogP contribution < -0.4 is 10.6 Å². The first-order valence-corrected chi connectivity index (χ1v) is 7.33. The van der Waals surface area contributed by atoms with Gasteiger partial charge in [0.1, 0.15) is 0 Å². The summed E-state index contributed by atoms with van der Waals surface area (Å²) in [5.74, 6) is 0. The van der Waals surface area contributed by atoms with Crippen LogP contribution in [0.2, 0.25) is 0 Å². The summed E-state index contributed by atoms with van der Waals surface area (Å²) >= 11 is 0. The Balaban J connectivity index is 2.00. The molecule has 2 nitrogen and oxygen atoms in total. The summed E-state index contributed by atoms with van der Waals surface area (Å²) in [5.41, 5.74) is 9.13. The molecule has 3 rings (SSSR count). The highest BCUT2D eigenvalue weighted by molar-refractivity contribution is 5.64. The zero-order valence-corrected chi connectivity index (χ0v) is 11.4. The van der Waals surface area contributed by atoms with E-state index < -0.39 is 0 Å². The number of nitrogens with two attached hydrogens (primary N) is 1. The highest BCUT2D eigenvalue weighted by Gasteiger charge is 2.47. The van der Waals surface area contributed by atoms with Crippen molar-refractivity contribution in [3.63, 3.8) is 0 Å². The van der Waals surface area contributed by atoms with Gasteiger partial charge < -0.3 is 10.6 Å². The second-order valence-corrected chi connectivity index (χ2v) is 6.03. The van der Waals surface area contributed by atoms with Crippen molar-refractivity contribution in [2.75, 3.05) is 18.0 Å². The maximum absolute atomic E-state index is 5.70. The van der Waals surface area contributed by atoms with Gasteiger partial charge in [-0.15, -0.1) is 0 Å². The van der Waals surface area contributed by atoms with Crippen LogP contribution in [0.3, 0.4) is 0 Å². The van der Waals surface area contributed by atoms with E-state index >= 15 is 0 Å². The number of rotatable bonds is 3. The monoisotopic (exact) mass is 244 g/mol. The van der Waals surface area contributed by atoms with Crippen molar-refractivity contribution in [2.45, 2.75) is 50.5 Å². The van der Waals surface area contributed by atoms with Crippen molar-refractivity contribution in [3.8, 4) is 0 Å². The Morgan fingerprint density at radius 3 is 3.00 bits per heavy atom. The first-order chi connectivity index (χ1) is 8.77. The van der Waals surface area contributed by atoms with E-state index in [9.17, 15) is 0 Å². The van der Waals surface area contributed by atoms with Crippen LogP contribution in [-0.4, -0.2) is 19.1 Å². The molecule has 1 aliphatic carbocycles. The molecule has 18 heavy (non-hydrogen) atoms. The standard InChI is InChI=1S/C16H24N2/c1-16-10-5-4-9-15(16)18(12-6-11-17)14-8-3-2-7-13(14)16/h2-3,7-8,15H,4-6,9-12,17H2,1H3. The SMILES string of the molecule is CC12CCCCC1N(CCCN)c1ccccc12. The maximum Gasteiger partial charge on any atom is 0.0407 e. The lowest BCUT2D eigenvalue weighted by molar-refractivity contribution is 0.279. The fourth-order valence-electron chi connectivity index (χ4n) is 4.04. The predicted molar refractivity (Wildman–Crippen MR) is 77.1 cm³/mol. The van der Waals surface area contributed by atoms with E-state index in [1.54, 1.807) is 5.56 Å². The van der Waals surface area contributed by atoms with E-state index in [1.165, 1.54) is 31.4 Å². The summed E-state index contributed by atoms with van der Waals surface area (Å²) in [5, 5.41) is 0. The number of anilines is 1. The average molecular weight is 244 g/mol. The number of hydrogen-bond donors (Lipinski definition) is 1. The Labute approximate surface area is 110 Å². The second kappa shape index (κ2) is 4.58.